The Hall–Kier alpha value is -1.58. The number of furan rings is 1. The molecule has 3 nitrogen and oxygen atoms in total. The summed E-state index contributed by atoms with van der Waals surface area (Å²) in [6.45, 7) is 1.62. The zero-order valence-corrected chi connectivity index (χ0v) is 11.0. The fraction of sp³-hybridized carbons (Fsp3) is 0.375. The molecule has 2 aromatic rings. The van der Waals surface area contributed by atoms with Gasteiger partial charge >= 0.3 is 0 Å². The normalized spacial score (nSPS) is 17.9. The molecule has 1 unspecified atom stereocenters. The van der Waals surface area contributed by atoms with E-state index in [1.807, 2.05) is 12.1 Å². The van der Waals surface area contributed by atoms with Crippen molar-refractivity contribution < 1.29 is 9.52 Å². The third-order valence-corrected chi connectivity index (χ3v) is 3.87. The minimum atomic E-state index is 0.180. The first-order valence-electron chi connectivity index (χ1n) is 6.83. The van der Waals surface area contributed by atoms with Crippen LogP contribution >= 0.6 is 0 Å². The second kappa shape index (κ2) is 5.59. The van der Waals surface area contributed by atoms with E-state index >= 15 is 0 Å². The third kappa shape index (κ3) is 2.57. The topological polar surface area (TPSA) is 36.6 Å². The summed E-state index contributed by atoms with van der Waals surface area (Å²) in [6, 6.07) is 12.9. The van der Waals surface area contributed by atoms with Gasteiger partial charge in [0.1, 0.15) is 5.76 Å². The molecule has 1 aromatic carbocycles. The molecule has 1 aliphatic rings. The van der Waals surface area contributed by atoms with Crippen LogP contribution in [0.3, 0.4) is 0 Å². The van der Waals surface area contributed by atoms with Crippen LogP contribution in [0, 0.1) is 0 Å². The Morgan fingerprint density at radius 2 is 2.11 bits per heavy atom. The maximum atomic E-state index is 9.30. The van der Waals surface area contributed by atoms with Gasteiger partial charge in [-0.15, -0.1) is 0 Å². The molecule has 0 bridgehead atoms. The molecule has 3 heteroatoms. The van der Waals surface area contributed by atoms with E-state index in [-0.39, 0.29) is 6.61 Å². The highest BCUT2D eigenvalue weighted by atomic mass is 16.3. The Morgan fingerprint density at radius 1 is 1.21 bits per heavy atom. The Balaban J connectivity index is 1.81. The molecule has 0 saturated carbocycles. The van der Waals surface area contributed by atoms with Crippen LogP contribution in [0.1, 0.15) is 29.3 Å². The predicted molar refractivity (Wildman–Crippen MR) is 73.7 cm³/mol. The molecule has 0 radical (unpaired) electrons. The molecule has 3 rings (SSSR count). The summed E-state index contributed by atoms with van der Waals surface area (Å²) in [7, 11) is 0. The molecule has 0 amide bonds. The Morgan fingerprint density at radius 3 is 2.89 bits per heavy atom. The van der Waals surface area contributed by atoms with Crippen LogP contribution in [0.15, 0.2) is 47.1 Å². The highest BCUT2D eigenvalue weighted by Gasteiger charge is 2.27. The molecule has 1 aliphatic carbocycles. The monoisotopic (exact) mass is 257 g/mol. The van der Waals surface area contributed by atoms with Gasteiger partial charge in [-0.1, -0.05) is 24.3 Å². The molecule has 19 heavy (non-hydrogen) atoms. The van der Waals surface area contributed by atoms with Gasteiger partial charge in [0.15, 0.2) is 0 Å². The molecule has 0 aliphatic heterocycles. The van der Waals surface area contributed by atoms with Gasteiger partial charge in [0.25, 0.3) is 0 Å². The van der Waals surface area contributed by atoms with Crippen LogP contribution < -0.4 is 0 Å². The average Bonchev–Trinajstić information content (AvgIpc) is 3.07. The van der Waals surface area contributed by atoms with Crippen LogP contribution in [0.25, 0.3) is 0 Å². The van der Waals surface area contributed by atoms with Crippen LogP contribution in [-0.4, -0.2) is 23.2 Å². The van der Waals surface area contributed by atoms with E-state index in [0.29, 0.717) is 12.6 Å². The quantitative estimate of drug-likeness (QED) is 0.894. The average molecular weight is 257 g/mol. The van der Waals surface area contributed by atoms with Gasteiger partial charge in [0.2, 0.25) is 0 Å². The van der Waals surface area contributed by atoms with E-state index in [9.17, 15) is 5.11 Å². The first-order valence-corrected chi connectivity index (χ1v) is 6.83. The number of aryl methyl sites for hydroxylation is 1. The maximum Gasteiger partial charge on any atom is 0.117 e. The van der Waals surface area contributed by atoms with Crippen molar-refractivity contribution in [1.82, 2.24) is 4.90 Å². The summed E-state index contributed by atoms with van der Waals surface area (Å²) >= 11 is 0. The maximum absolute atomic E-state index is 9.30. The minimum absolute atomic E-state index is 0.180. The number of fused-ring (bicyclic) bond motifs is 1. The molecule has 1 N–H and O–H groups in total. The van der Waals surface area contributed by atoms with Gasteiger partial charge in [-0.25, -0.2) is 0 Å². The summed E-state index contributed by atoms with van der Waals surface area (Å²) < 4.78 is 5.43. The number of aliphatic hydroxyl groups is 1. The van der Waals surface area contributed by atoms with Gasteiger partial charge < -0.3 is 9.52 Å². The summed E-state index contributed by atoms with van der Waals surface area (Å²) in [5.74, 6) is 0.956. The highest BCUT2D eigenvalue weighted by Crippen LogP contribution is 2.36. The fourth-order valence-electron chi connectivity index (χ4n) is 2.99. The van der Waals surface area contributed by atoms with E-state index in [2.05, 4.69) is 29.2 Å². The summed E-state index contributed by atoms with van der Waals surface area (Å²) in [5, 5.41) is 9.30. The SMILES string of the molecule is OCCN(Cc1ccco1)C1CCc2ccccc21. The lowest BCUT2D eigenvalue weighted by atomic mass is 10.1. The standard InChI is InChI=1S/C16H19NO2/c18-10-9-17(12-14-5-3-11-19-14)16-8-7-13-4-1-2-6-15(13)16/h1-6,11,16,18H,7-10,12H2. The third-order valence-electron chi connectivity index (χ3n) is 3.87. The second-order valence-corrected chi connectivity index (χ2v) is 5.03. The first kappa shape index (κ1) is 12.5. The Labute approximate surface area is 113 Å². The number of hydrogen-bond acceptors (Lipinski definition) is 3. The molecular formula is C16H19NO2. The smallest absolute Gasteiger partial charge is 0.117 e. The van der Waals surface area contributed by atoms with Crippen molar-refractivity contribution in [3.8, 4) is 0 Å². The van der Waals surface area contributed by atoms with Gasteiger partial charge in [-0.05, 0) is 36.1 Å². The van der Waals surface area contributed by atoms with E-state index in [0.717, 1.165) is 25.1 Å². The van der Waals surface area contributed by atoms with Gasteiger partial charge in [0, 0.05) is 12.6 Å². The van der Waals surface area contributed by atoms with Crippen molar-refractivity contribution in [3.05, 3.63) is 59.5 Å². The van der Waals surface area contributed by atoms with Crippen LogP contribution in [-0.2, 0) is 13.0 Å². The summed E-state index contributed by atoms with van der Waals surface area (Å²) in [6.07, 6.45) is 3.95. The molecule has 1 heterocycles. The zero-order valence-electron chi connectivity index (χ0n) is 11.0. The van der Waals surface area contributed by atoms with Crippen molar-refractivity contribution in [2.24, 2.45) is 0 Å². The molecular weight excluding hydrogens is 238 g/mol. The molecule has 1 atom stereocenters. The van der Waals surface area contributed by atoms with E-state index < -0.39 is 0 Å². The lowest BCUT2D eigenvalue weighted by Gasteiger charge is -2.28. The lowest BCUT2D eigenvalue weighted by molar-refractivity contribution is 0.134. The molecule has 100 valence electrons. The van der Waals surface area contributed by atoms with Crippen molar-refractivity contribution in [3.63, 3.8) is 0 Å². The second-order valence-electron chi connectivity index (χ2n) is 5.03. The Kier molecular flexibility index (Phi) is 3.67. The van der Waals surface area contributed by atoms with Crippen molar-refractivity contribution in [1.29, 1.82) is 0 Å². The van der Waals surface area contributed by atoms with Crippen LogP contribution in [0.4, 0.5) is 0 Å². The van der Waals surface area contributed by atoms with Crippen molar-refractivity contribution in [2.75, 3.05) is 13.2 Å². The summed E-state index contributed by atoms with van der Waals surface area (Å²) in [4.78, 5) is 2.31. The van der Waals surface area contributed by atoms with Gasteiger partial charge in [-0.2, -0.15) is 0 Å². The summed E-state index contributed by atoms with van der Waals surface area (Å²) in [5.41, 5.74) is 2.84. The zero-order chi connectivity index (χ0) is 13.1. The van der Waals surface area contributed by atoms with Gasteiger partial charge in [-0.3, -0.25) is 4.90 Å². The number of aliphatic hydroxyl groups excluding tert-OH is 1. The van der Waals surface area contributed by atoms with E-state index in [1.54, 1.807) is 6.26 Å². The Bertz CT molecular complexity index is 521. The fourth-order valence-corrected chi connectivity index (χ4v) is 2.99. The van der Waals surface area contributed by atoms with Crippen molar-refractivity contribution in [2.45, 2.75) is 25.4 Å². The lowest BCUT2D eigenvalue weighted by Crippen LogP contribution is -2.29. The number of nitrogens with zero attached hydrogens (tertiary/aromatic N) is 1. The number of hydrogen-bond donors (Lipinski definition) is 1. The van der Waals surface area contributed by atoms with E-state index in [4.69, 9.17) is 4.42 Å². The molecule has 0 spiro atoms. The molecule has 0 saturated heterocycles. The van der Waals surface area contributed by atoms with E-state index in [1.165, 1.54) is 11.1 Å². The van der Waals surface area contributed by atoms with Crippen molar-refractivity contribution >= 4 is 0 Å². The molecule has 1 aromatic heterocycles. The largest absolute Gasteiger partial charge is 0.468 e. The number of benzene rings is 1. The number of rotatable bonds is 5. The van der Waals surface area contributed by atoms with Crippen LogP contribution in [0.2, 0.25) is 0 Å². The van der Waals surface area contributed by atoms with Crippen LogP contribution in [0.5, 0.6) is 0 Å². The van der Waals surface area contributed by atoms with Gasteiger partial charge in [0.05, 0.1) is 19.4 Å². The molecule has 0 fully saturated rings. The minimum Gasteiger partial charge on any atom is -0.468 e. The predicted octanol–water partition coefficient (Wildman–Crippen LogP) is 2.76. The highest BCUT2D eigenvalue weighted by molar-refractivity contribution is 5.34. The first-order chi connectivity index (χ1) is 9.38.